The lowest BCUT2D eigenvalue weighted by molar-refractivity contribution is 0.0916. The standard InChI is InChI=1S/C21H21N3O3.ClH/c22-13-15-9-10-23-20(11-15)27-18-8-4-7-17(12-18)21(26)24-19(14-25)16-5-2-1-3-6-16;/h1-12,19,25H,13-14,22H2,(H,24,26);1H/t19-;/m0./s1. The molecule has 6 nitrogen and oxygen atoms in total. The molecule has 0 fully saturated rings. The Morgan fingerprint density at radius 2 is 1.89 bits per heavy atom. The summed E-state index contributed by atoms with van der Waals surface area (Å²) in [5.41, 5.74) is 7.80. The zero-order chi connectivity index (χ0) is 19.1. The van der Waals surface area contributed by atoms with E-state index in [2.05, 4.69) is 10.3 Å². The Kier molecular flexibility index (Phi) is 7.95. The summed E-state index contributed by atoms with van der Waals surface area (Å²) in [6.45, 7) is 0.200. The van der Waals surface area contributed by atoms with Crippen LogP contribution in [0.3, 0.4) is 0 Å². The van der Waals surface area contributed by atoms with Crippen molar-refractivity contribution in [3.05, 3.63) is 89.6 Å². The fourth-order valence-corrected chi connectivity index (χ4v) is 2.62. The van der Waals surface area contributed by atoms with Crippen LogP contribution >= 0.6 is 12.4 Å². The van der Waals surface area contributed by atoms with Crippen molar-refractivity contribution in [2.75, 3.05) is 6.61 Å². The van der Waals surface area contributed by atoms with E-state index in [-0.39, 0.29) is 24.9 Å². The molecular formula is C21H22ClN3O3. The van der Waals surface area contributed by atoms with E-state index in [4.69, 9.17) is 10.5 Å². The van der Waals surface area contributed by atoms with E-state index in [1.54, 1.807) is 36.5 Å². The highest BCUT2D eigenvalue weighted by Crippen LogP contribution is 2.22. The molecule has 0 saturated carbocycles. The average Bonchev–Trinajstić information content (AvgIpc) is 2.72. The number of halogens is 1. The molecule has 0 unspecified atom stereocenters. The average molecular weight is 400 g/mol. The Morgan fingerprint density at radius 3 is 2.61 bits per heavy atom. The first-order chi connectivity index (χ1) is 13.2. The summed E-state index contributed by atoms with van der Waals surface area (Å²) >= 11 is 0. The smallest absolute Gasteiger partial charge is 0.251 e. The van der Waals surface area contributed by atoms with Crippen LogP contribution in [0.1, 0.15) is 27.5 Å². The molecule has 1 amide bonds. The second-order valence-corrected chi connectivity index (χ2v) is 5.96. The van der Waals surface area contributed by atoms with Crippen LogP contribution in [0.4, 0.5) is 0 Å². The lowest BCUT2D eigenvalue weighted by Gasteiger charge is -2.17. The van der Waals surface area contributed by atoms with Gasteiger partial charge in [0, 0.05) is 24.4 Å². The van der Waals surface area contributed by atoms with Crippen molar-refractivity contribution < 1.29 is 14.6 Å². The van der Waals surface area contributed by atoms with Crippen LogP contribution in [-0.2, 0) is 6.54 Å². The summed E-state index contributed by atoms with van der Waals surface area (Å²) in [6.07, 6.45) is 1.62. The number of aromatic nitrogens is 1. The predicted molar refractivity (Wildman–Crippen MR) is 110 cm³/mol. The number of carbonyl (C=O) groups excluding carboxylic acids is 1. The van der Waals surface area contributed by atoms with E-state index in [1.165, 1.54) is 0 Å². The number of nitrogens with one attached hydrogen (secondary N) is 1. The van der Waals surface area contributed by atoms with E-state index in [0.29, 0.717) is 23.7 Å². The zero-order valence-corrected chi connectivity index (χ0v) is 15.9. The van der Waals surface area contributed by atoms with Gasteiger partial charge < -0.3 is 20.9 Å². The molecule has 0 spiro atoms. The van der Waals surface area contributed by atoms with E-state index in [1.807, 2.05) is 36.4 Å². The molecule has 0 radical (unpaired) electrons. The number of amides is 1. The third-order valence-corrected chi connectivity index (χ3v) is 4.04. The number of aliphatic hydroxyl groups excluding tert-OH is 1. The Balaban J connectivity index is 0.00000280. The van der Waals surface area contributed by atoms with Gasteiger partial charge in [-0.15, -0.1) is 12.4 Å². The summed E-state index contributed by atoms with van der Waals surface area (Å²) in [4.78, 5) is 16.7. The van der Waals surface area contributed by atoms with Gasteiger partial charge in [-0.05, 0) is 35.4 Å². The first-order valence-corrected chi connectivity index (χ1v) is 8.59. The second kappa shape index (κ2) is 10.4. The molecule has 1 aromatic heterocycles. The number of nitrogens with zero attached hydrogens (tertiary/aromatic N) is 1. The highest BCUT2D eigenvalue weighted by Gasteiger charge is 2.15. The summed E-state index contributed by atoms with van der Waals surface area (Å²) < 4.78 is 5.73. The predicted octanol–water partition coefficient (Wildman–Crippen LogP) is 3.22. The Labute approximate surface area is 169 Å². The number of benzene rings is 2. The zero-order valence-electron chi connectivity index (χ0n) is 15.1. The maximum atomic E-state index is 12.6. The number of nitrogens with two attached hydrogens (primary N) is 1. The molecule has 1 atom stereocenters. The second-order valence-electron chi connectivity index (χ2n) is 5.96. The van der Waals surface area contributed by atoms with E-state index >= 15 is 0 Å². The number of carbonyl (C=O) groups is 1. The van der Waals surface area contributed by atoms with Crippen LogP contribution in [-0.4, -0.2) is 22.6 Å². The van der Waals surface area contributed by atoms with Gasteiger partial charge in [-0.2, -0.15) is 0 Å². The molecule has 0 aliphatic rings. The van der Waals surface area contributed by atoms with Crippen LogP contribution in [0.15, 0.2) is 72.9 Å². The SMILES string of the molecule is Cl.NCc1ccnc(Oc2cccc(C(=O)N[C@@H](CO)c3ccccc3)c2)c1. The summed E-state index contributed by atoms with van der Waals surface area (Å²) in [5, 5.41) is 12.4. The van der Waals surface area contributed by atoms with Crippen LogP contribution in [0.2, 0.25) is 0 Å². The van der Waals surface area contributed by atoms with Crippen molar-refractivity contribution in [1.82, 2.24) is 10.3 Å². The molecule has 4 N–H and O–H groups in total. The van der Waals surface area contributed by atoms with Gasteiger partial charge in [-0.25, -0.2) is 4.98 Å². The number of ether oxygens (including phenoxy) is 1. The minimum Gasteiger partial charge on any atom is -0.439 e. The highest BCUT2D eigenvalue weighted by atomic mass is 35.5. The number of hydrogen-bond donors (Lipinski definition) is 3. The molecule has 3 rings (SSSR count). The molecular weight excluding hydrogens is 378 g/mol. The van der Waals surface area contributed by atoms with Crippen molar-refractivity contribution in [3.63, 3.8) is 0 Å². The summed E-state index contributed by atoms with van der Waals surface area (Å²) in [5.74, 6) is 0.602. The van der Waals surface area contributed by atoms with Gasteiger partial charge in [0.25, 0.3) is 5.91 Å². The number of aliphatic hydroxyl groups is 1. The van der Waals surface area contributed by atoms with Gasteiger partial charge in [0.2, 0.25) is 5.88 Å². The summed E-state index contributed by atoms with van der Waals surface area (Å²) in [7, 11) is 0. The van der Waals surface area contributed by atoms with E-state index < -0.39 is 6.04 Å². The number of rotatable bonds is 7. The van der Waals surface area contributed by atoms with Gasteiger partial charge >= 0.3 is 0 Å². The molecule has 1 heterocycles. The topological polar surface area (TPSA) is 97.5 Å². The van der Waals surface area contributed by atoms with Gasteiger partial charge in [0.15, 0.2) is 0 Å². The van der Waals surface area contributed by atoms with E-state index in [9.17, 15) is 9.90 Å². The van der Waals surface area contributed by atoms with Gasteiger partial charge in [-0.1, -0.05) is 36.4 Å². The monoisotopic (exact) mass is 399 g/mol. The first kappa shape index (κ1) is 21.4. The fraction of sp³-hybridized carbons (Fsp3) is 0.143. The third kappa shape index (κ3) is 5.53. The minimum absolute atomic E-state index is 0. The van der Waals surface area contributed by atoms with Crippen LogP contribution in [0, 0.1) is 0 Å². The molecule has 2 aromatic carbocycles. The highest BCUT2D eigenvalue weighted by molar-refractivity contribution is 5.94. The molecule has 0 aliphatic heterocycles. The van der Waals surface area contributed by atoms with Crippen molar-refractivity contribution >= 4 is 18.3 Å². The van der Waals surface area contributed by atoms with Crippen molar-refractivity contribution in [2.24, 2.45) is 5.73 Å². The van der Waals surface area contributed by atoms with E-state index in [0.717, 1.165) is 11.1 Å². The van der Waals surface area contributed by atoms with Crippen molar-refractivity contribution in [2.45, 2.75) is 12.6 Å². The summed E-state index contributed by atoms with van der Waals surface area (Å²) in [6, 6.07) is 19.2. The Bertz CT molecular complexity index is 906. The van der Waals surface area contributed by atoms with Crippen molar-refractivity contribution in [1.29, 1.82) is 0 Å². The number of pyridine rings is 1. The quantitative estimate of drug-likeness (QED) is 0.566. The lowest BCUT2D eigenvalue weighted by Crippen LogP contribution is -2.30. The number of hydrogen-bond acceptors (Lipinski definition) is 5. The minimum atomic E-state index is -0.480. The third-order valence-electron chi connectivity index (χ3n) is 4.04. The first-order valence-electron chi connectivity index (χ1n) is 8.59. The van der Waals surface area contributed by atoms with Crippen LogP contribution in [0.5, 0.6) is 11.6 Å². The molecule has 7 heteroatoms. The van der Waals surface area contributed by atoms with Gasteiger partial charge in [-0.3, -0.25) is 4.79 Å². The Hall–Kier alpha value is -2.93. The maximum absolute atomic E-state index is 12.6. The fourth-order valence-electron chi connectivity index (χ4n) is 2.62. The molecule has 0 bridgehead atoms. The maximum Gasteiger partial charge on any atom is 0.251 e. The van der Waals surface area contributed by atoms with Crippen LogP contribution in [0.25, 0.3) is 0 Å². The Morgan fingerprint density at radius 1 is 1.11 bits per heavy atom. The largest absolute Gasteiger partial charge is 0.439 e. The molecule has 0 aliphatic carbocycles. The lowest BCUT2D eigenvalue weighted by atomic mass is 10.1. The normalized spacial score (nSPS) is 11.2. The molecule has 28 heavy (non-hydrogen) atoms. The molecule has 3 aromatic rings. The van der Waals surface area contributed by atoms with Gasteiger partial charge in [0.05, 0.1) is 12.6 Å². The molecule has 146 valence electrons. The van der Waals surface area contributed by atoms with Crippen LogP contribution < -0.4 is 15.8 Å². The van der Waals surface area contributed by atoms with Gasteiger partial charge in [0.1, 0.15) is 5.75 Å². The van der Waals surface area contributed by atoms with Crippen molar-refractivity contribution in [3.8, 4) is 11.6 Å². The molecule has 0 saturated heterocycles.